The third-order valence-corrected chi connectivity index (χ3v) is 4.61. The first kappa shape index (κ1) is 25.3. The van der Waals surface area contributed by atoms with Gasteiger partial charge < -0.3 is 16.0 Å². The van der Waals surface area contributed by atoms with E-state index in [0.29, 0.717) is 31.2 Å². The predicted octanol–water partition coefficient (Wildman–Crippen LogP) is 2.99. The molecule has 0 atom stereocenters. The molecule has 170 valence electrons. The predicted molar refractivity (Wildman–Crippen MR) is 138 cm³/mol. The van der Waals surface area contributed by atoms with Crippen LogP contribution in [0.2, 0.25) is 0 Å². The molecule has 0 fully saturated rings. The molecule has 0 aliphatic rings. The summed E-state index contributed by atoms with van der Waals surface area (Å²) in [5.41, 5.74) is 4.72. The minimum Gasteiger partial charge on any atom is -0.357 e. The van der Waals surface area contributed by atoms with E-state index >= 15 is 0 Å². The number of aromatic nitrogens is 3. The zero-order valence-corrected chi connectivity index (χ0v) is 21.0. The number of guanidine groups is 1. The largest absolute Gasteiger partial charge is 0.357 e. The first-order valence-corrected chi connectivity index (χ1v) is 10.4. The Morgan fingerprint density at radius 2 is 1.84 bits per heavy atom. The number of halogens is 1. The summed E-state index contributed by atoms with van der Waals surface area (Å²) in [7, 11) is 0. The molecule has 0 radical (unpaired) electrons. The Hall–Kier alpha value is -2.95. The fourth-order valence-corrected chi connectivity index (χ4v) is 3.19. The lowest BCUT2D eigenvalue weighted by atomic mass is 10.2. The van der Waals surface area contributed by atoms with Crippen LogP contribution in [-0.2, 0) is 6.54 Å². The Balaban J connectivity index is 0.00000363. The molecule has 3 aromatic rings. The van der Waals surface area contributed by atoms with E-state index in [0.717, 1.165) is 29.2 Å². The Morgan fingerprint density at radius 1 is 1.06 bits per heavy atom. The summed E-state index contributed by atoms with van der Waals surface area (Å²) in [6, 6.07) is 13.7. The van der Waals surface area contributed by atoms with Gasteiger partial charge in [0, 0.05) is 37.7 Å². The maximum atomic E-state index is 12.1. The molecule has 9 heteroatoms. The van der Waals surface area contributed by atoms with E-state index in [1.165, 1.54) is 0 Å². The number of hydrogen-bond donors (Lipinski definition) is 3. The van der Waals surface area contributed by atoms with Crippen LogP contribution < -0.4 is 16.0 Å². The molecule has 2 heterocycles. The first-order valence-electron chi connectivity index (χ1n) is 10.4. The average Bonchev–Trinajstić information content (AvgIpc) is 3.13. The van der Waals surface area contributed by atoms with Crippen molar-refractivity contribution in [3.63, 3.8) is 0 Å². The van der Waals surface area contributed by atoms with Crippen molar-refractivity contribution in [2.75, 3.05) is 19.6 Å². The Morgan fingerprint density at radius 3 is 2.53 bits per heavy atom. The monoisotopic (exact) mass is 547 g/mol. The van der Waals surface area contributed by atoms with Gasteiger partial charge in [-0.1, -0.05) is 18.2 Å². The second-order valence-corrected chi connectivity index (χ2v) is 7.09. The number of nitrogens with one attached hydrogen (secondary N) is 3. The number of hydrogen-bond acceptors (Lipinski definition) is 4. The van der Waals surface area contributed by atoms with E-state index in [2.05, 4.69) is 44.2 Å². The molecule has 0 spiro atoms. The average molecular weight is 547 g/mol. The fourth-order valence-electron chi connectivity index (χ4n) is 3.19. The number of aryl methyl sites for hydroxylation is 2. The quantitative estimate of drug-likeness (QED) is 0.175. The van der Waals surface area contributed by atoms with E-state index < -0.39 is 0 Å². The number of carbonyl (C=O) groups excluding carboxylic acids is 1. The number of para-hydroxylation sites is 1. The van der Waals surface area contributed by atoms with Crippen molar-refractivity contribution in [3.8, 4) is 5.69 Å². The van der Waals surface area contributed by atoms with Crippen LogP contribution in [-0.4, -0.2) is 46.3 Å². The van der Waals surface area contributed by atoms with Gasteiger partial charge in [0.05, 0.1) is 23.5 Å². The Labute approximate surface area is 206 Å². The van der Waals surface area contributed by atoms with E-state index in [1.54, 1.807) is 24.5 Å². The van der Waals surface area contributed by atoms with Crippen LogP contribution in [0, 0.1) is 13.8 Å². The van der Waals surface area contributed by atoms with Gasteiger partial charge in [-0.3, -0.25) is 9.78 Å². The van der Waals surface area contributed by atoms with E-state index in [4.69, 9.17) is 4.99 Å². The minimum atomic E-state index is -0.143. The second-order valence-electron chi connectivity index (χ2n) is 7.09. The van der Waals surface area contributed by atoms with Crippen molar-refractivity contribution >= 4 is 35.8 Å². The Bertz CT molecular complexity index is 1030. The van der Waals surface area contributed by atoms with Crippen molar-refractivity contribution in [2.45, 2.75) is 27.3 Å². The number of amides is 1. The van der Waals surface area contributed by atoms with Gasteiger partial charge in [0.25, 0.3) is 5.91 Å². The maximum absolute atomic E-state index is 12.1. The topological polar surface area (TPSA) is 96.2 Å². The van der Waals surface area contributed by atoms with Gasteiger partial charge in [0.1, 0.15) is 0 Å². The highest BCUT2D eigenvalue weighted by Crippen LogP contribution is 2.17. The molecule has 0 aliphatic carbocycles. The molecule has 8 nitrogen and oxygen atoms in total. The molecular formula is C23H30IN7O. The highest BCUT2D eigenvalue weighted by Gasteiger charge is 2.09. The molecule has 3 rings (SSSR count). The first-order chi connectivity index (χ1) is 15.1. The third-order valence-electron chi connectivity index (χ3n) is 4.61. The summed E-state index contributed by atoms with van der Waals surface area (Å²) in [4.78, 5) is 20.8. The van der Waals surface area contributed by atoms with Crippen LogP contribution in [0.3, 0.4) is 0 Å². The highest BCUT2D eigenvalue weighted by atomic mass is 127. The van der Waals surface area contributed by atoms with Gasteiger partial charge in [-0.05, 0) is 50.6 Å². The number of carbonyl (C=O) groups is 1. The van der Waals surface area contributed by atoms with Crippen molar-refractivity contribution < 1.29 is 4.79 Å². The SMILES string of the molecule is CCNC(=NCc1ccccc1-n1nc(C)cc1C)NCCNC(=O)c1cccnc1.I. The summed E-state index contributed by atoms with van der Waals surface area (Å²) in [5, 5.41) is 14.0. The zero-order chi connectivity index (χ0) is 22.1. The van der Waals surface area contributed by atoms with Crippen molar-refractivity contribution in [1.29, 1.82) is 0 Å². The van der Waals surface area contributed by atoms with Gasteiger partial charge in [0.15, 0.2) is 5.96 Å². The molecule has 2 aromatic heterocycles. The van der Waals surface area contributed by atoms with Crippen LogP contribution in [0.4, 0.5) is 0 Å². The van der Waals surface area contributed by atoms with Gasteiger partial charge in [0.2, 0.25) is 0 Å². The lowest BCUT2D eigenvalue weighted by Crippen LogP contribution is -2.41. The highest BCUT2D eigenvalue weighted by molar-refractivity contribution is 14.0. The number of benzene rings is 1. The second kappa shape index (κ2) is 12.8. The lowest BCUT2D eigenvalue weighted by molar-refractivity contribution is 0.0954. The van der Waals surface area contributed by atoms with E-state index in [-0.39, 0.29) is 29.9 Å². The molecule has 0 bridgehead atoms. The van der Waals surface area contributed by atoms with Crippen molar-refractivity contribution in [1.82, 2.24) is 30.7 Å². The molecule has 1 amide bonds. The van der Waals surface area contributed by atoms with E-state index in [1.807, 2.05) is 37.6 Å². The molecule has 0 saturated heterocycles. The maximum Gasteiger partial charge on any atom is 0.252 e. The van der Waals surface area contributed by atoms with Crippen molar-refractivity contribution in [2.24, 2.45) is 4.99 Å². The molecule has 3 N–H and O–H groups in total. The molecule has 0 aliphatic heterocycles. The molecule has 32 heavy (non-hydrogen) atoms. The van der Waals surface area contributed by atoms with E-state index in [9.17, 15) is 4.79 Å². The molecule has 1 aromatic carbocycles. The van der Waals surface area contributed by atoms with Crippen LogP contribution in [0.1, 0.15) is 34.2 Å². The van der Waals surface area contributed by atoms with Crippen LogP contribution in [0.25, 0.3) is 5.69 Å². The summed E-state index contributed by atoms with van der Waals surface area (Å²) in [6.45, 7) is 8.33. The van der Waals surface area contributed by atoms with Gasteiger partial charge in [-0.25, -0.2) is 9.67 Å². The number of pyridine rings is 1. The smallest absolute Gasteiger partial charge is 0.252 e. The minimum absolute atomic E-state index is 0. The van der Waals surface area contributed by atoms with Crippen LogP contribution >= 0.6 is 24.0 Å². The number of aliphatic imine (C=N–C) groups is 1. The number of nitrogens with zero attached hydrogens (tertiary/aromatic N) is 4. The fraction of sp³-hybridized carbons (Fsp3) is 0.304. The van der Waals surface area contributed by atoms with Gasteiger partial charge >= 0.3 is 0 Å². The van der Waals surface area contributed by atoms with Gasteiger partial charge in [-0.2, -0.15) is 5.10 Å². The third kappa shape index (κ3) is 7.04. The summed E-state index contributed by atoms with van der Waals surface area (Å²) in [6.07, 6.45) is 3.19. The lowest BCUT2D eigenvalue weighted by Gasteiger charge is -2.13. The van der Waals surface area contributed by atoms with Crippen molar-refractivity contribution in [3.05, 3.63) is 77.4 Å². The summed E-state index contributed by atoms with van der Waals surface area (Å²) < 4.78 is 1.95. The zero-order valence-electron chi connectivity index (χ0n) is 18.6. The summed E-state index contributed by atoms with van der Waals surface area (Å²) in [5.74, 6) is 0.553. The molecule has 0 saturated carbocycles. The van der Waals surface area contributed by atoms with Gasteiger partial charge in [-0.15, -0.1) is 24.0 Å². The van der Waals surface area contributed by atoms with Crippen LogP contribution in [0.15, 0.2) is 59.9 Å². The van der Waals surface area contributed by atoms with Crippen LogP contribution in [0.5, 0.6) is 0 Å². The normalized spacial score (nSPS) is 10.9. The number of rotatable bonds is 8. The molecular weight excluding hydrogens is 517 g/mol. The Kier molecular flexibility index (Phi) is 10.1. The standard InChI is InChI=1S/C23H29N7O.HI/c1-4-25-23(27-13-12-26-22(31)20-9-7-11-24-15-20)28-16-19-8-5-6-10-21(19)30-18(3)14-17(2)29-30;/h5-11,14-15H,4,12-13,16H2,1-3H3,(H,26,31)(H2,25,27,28);1H. The molecule has 0 unspecified atom stereocenters. The summed E-state index contributed by atoms with van der Waals surface area (Å²) >= 11 is 0.